The summed E-state index contributed by atoms with van der Waals surface area (Å²) >= 11 is 0. The highest BCUT2D eigenvalue weighted by Gasteiger charge is 2.20. The van der Waals surface area contributed by atoms with Crippen molar-refractivity contribution in [1.82, 2.24) is 0 Å². The summed E-state index contributed by atoms with van der Waals surface area (Å²) in [6.07, 6.45) is 5.79. The Bertz CT molecular complexity index is 190. The standard InChI is InChI=1S/C11H21NO2/c1-11(2,12)8-7-10(13)14-9-5-3-4-6-9/h9H,3-8,12H2,1-2H3. The Morgan fingerprint density at radius 2 is 2.00 bits per heavy atom. The fourth-order valence-corrected chi connectivity index (χ4v) is 1.68. The zero-order chi connectivity index (χ0) is 10.6. The molecule has 1 aliphatic rings. The Morgan fingerprint density at radius 1 is 1.43 bits per heavy atom. The number of rotatable bonds is 4. The van der Waals surface area contributed by atoms with Crippen LogP contribution in [0.4, 0.5) is 0 Å². The number of ether oxygens (including phenoxy) is 1. The number of carbonyl (C=O) groups is 1. The predicted molar refractivity (Wildman–Crippen MR) is 55.8 cm³/mol. The summed E-state index contributed by atoms with van der Waals surface area (Å²) in [7, 11) is 0. The molecule has 1 saturated carbocycles. The van der Waals surface area contributed by atoms with Gasteiger partial charge in [-0.25, -0.2) is 0 Å². The maximum atomic E-state index is 11.4. The average Bonchev–Trinajstić information content (AvgIpc) is 2.52. The number of nitrogens with two attached hydrogens (primary N) is 1. The smallest absolute Gasteiger partial charge is 0.306 e. The first-order valence-electron chi connectivity index (χ1n) is 5.46. The molecule has 14 heavy (non-hydrogen) atoms. The number of hydrogen-bond donors (Lipinski definition) is 1. The molecule has 0 aromatic heterocycles. The number of esters is 1. The van der Waals surface area contributed by atoms with E-state index in [0.29, 0.717) is 12.8 Å². The first-order chi connectivity index (χ1) is 6.47. The van der Waals surface area contributed by atoms with Crippen molar-refractivity contribution in [3.63, 3.8) is 0 Å². The molecule has 3 nitrogen and oxygen atoms in total. The Morgan fingerprint density at radius 3 is 2.50 bits per heavy atom. The van der Waals surface area contributed by atoms with E-state index in [0.717, 1.165) is 12.8 Å². The van der Waals surface area contributed by atoms with Crippen LogP contribution in [0.5, 0.6) is 0 Å². The molecule has 0 radical (unpaired) electrons. The second kappa shape index (κ2) is 4.78. The molecule has 0 spiro atoms. The van der Waals surface area contributed by atoms with Crippen LogP contribution in [0.1, 0.15) is 52.4 Å². The third kappa shape index (κ3) is 4.61. The molecular formula is C11H21NO2. The molecule has 0 heterocycles. The third-order valence-corrected chi connectivity index (χ3v) is 2.57. The SMILES string of the molecule is CC(C)(N)CCC(=O)OC1CCCC1. The Kier molecular flexibility index (Phi) is 3.93. The van der Waals surface area contributed by atoms with Crippen molar-refractivity contribution in [3.8, 4) is 0 Å². The van der Waals surface area contributed by atoms with Gasteiger partial charge in [-0.15, -0.1) is 0 Å². The maximum Gasteiger partial charge on any atom is 0.306 e. The van der Waals surface area contributed by atoms with Gasteiger partial charge >= 0.3 is 5.97 Å². The normalized spacial score (nSPS) is 18.5. The van der Waals surface area contributed by atoms with Crippen molar-refractivity contribution >= 4 is 5.97 Å². The van der Waals surface area contributed by atoms with Gasteiger partial charge in [-0.1, -0.05) is 0 Å². The van der Waals surface area contributed by atoms with Crippen LogP contribution in [0.25, 0.3) is 0 Å². The van der Waals surface area contributed by atoms with E-state index >= 15 is 0 Å². The minimum Gasteiger partial charge on any atom is -0.462 e. The molecule has 0 aromatic carbocycles. The summed E-state index contributed by atoms with van der Waals surface area (Å²) in [5, 5.41) is 0. The van der Waals surface area contributed by atoms with E-state index in [1.165, 1.54) is 12.8 Å². The number of carbonyl (C=O) groups excluding carboxylic acids is 1. The van der Waals surface area contributed by atoms with Crippen LogP contribution < -0.4 is 5.73 Å². The summed E-state index contributed by atoms with van der Waals surface area (Å²) in [4.78, 5) is 11.4. The van der Waals surface area contributed by atoms with Gasteiger partial charge in [0.05, 0.1) is 0 Å². The summed E-state index contributed by atoms with van der Waals surface area (Å²) in [6.45, 7) is 3.85. The second-order valence-electron chi connectivity index (χ2n) is 4.88. The van der Waals surface area contributed by atoms with Crippen LogP contribution in [0.3, 0.4) is 0 Å². The van der Waals surface area contributed by atoms with E-state index < -0.39 is 0 Å². The van der Waals surface area contributed by atoms with Crippen molar-refractivity contribution in [2.45, 2.75) is 64.0 Å². The van der Waals surface area contributed by atoms with Gasteiger partial charge in [0.15, 0.2) is 0 Å². The van der Waals surface area contributed by atoms with E-state index in [4.69, 9.17) is 10.5 Å². The molecular weight excluding hydrogens is 178 g/mol. The lowest BCUT2D eigenvalue weighted by Crippen LogP contribution is -2.32. The fraction of sp³-hybridized carbons (Fsp3) is 0.909. The van der Waals surface area contributed by atoms with Crippen LogP contribution in [0, 0.1) is 0 Å². The molecule has 1 fully saturated rings. The van der Waals surface area contributed by atoms with E-state index in [2.05, 4.69) is 0 Å². The molecule has 0 amide bonds. The summed E-state index contributed by atoms with van der Waals surface area (Å²) in [5.74, 6) is -0.0876. The van der Waals surface area contributed by atoms with Gasteiger partial charge in [-0.3, -0.25) is 4.79 Å². The van der Waals surface area contributed by atoms with Gasteiger partial charge < -0.3 is 10.5 Å². The molecule has 0 aliphatic heterocycles. The Labute approximate surface area is 86.0 Å². The van der Waals surface area contributed by atoms with Crippen LogP contribution >= 0.6 is 0 Å². The molecule has 0 atom stereocenters. The van der Waals surface area contributed by atoms with Crippen molar-refractivity contribution in [2.24, 2.45) is 5.73 Å². The molecule has 2 N–H and O–H groups in total. The van der Waals surface area contributed by atoms with Gasteiger partial charge in [0.2, 0.25) is 0 Å². The van der Waals surface area contributed by atoms with Gasteiger partial charge in [-0.05, 0) is 46.0 Å². The largest absolute Gasteiger partial charge is 0.462 e. The quantitative estimate of drug-likeness (QED) is 0.704. The maximum absolute atomic E-state index is 11.4. The van der Waals surface area contributed by atoms with Crippen molar-refractivity contribution < 1.29 is 9.53 Å². The topological polar surface area (TPSA) is 52.3 Å². The zero-order valence-corrected chi connectivity index (χ0v) is 9.21. The zero-order valence-electron chi connectivity index (χ0n) is 9.21. The van der Waals surface area contributed by atoms with Gasteiger partial charge in [0.25, 0.3) is 0 Å². The van der Waals surface area contributed by atoms with Crippen LogP contribution in [0.2, 0.25) is 0 Å². The molecule has 0 bridgehead atoms. The highest BCUT2D eigenvalue weighted by molar-refractivity contribution is 5.69. The highest BCUT2D eigenvalue weighted by atomic mass is 16.5. The van der Waals surface area contributed by atoms with Gasteiger partial charge in [-0.2, -0.15) is 0 Å². The van der Waals surface area contributed by atoms with Crippen LogP contribution in [-0.2, 0) is 9.53 Å². The molecule has 3 heteroatoms. The minimum absolute atomic E-state index is 0.0876. The van der Waals surface area contributed by atoms with Crippen molar-refractivity contribution in [3.05, 3.63) is 0 Å². The lowest BCUT2D eigenvalue weighted by molar-refractivity contribution is -0.149. The molecule has 82 valence electrons. The highest BCUT2D eigenvalue weighted by Crippen LogP contribution is 2.21. The Hall–Kier alpha value is -0.570. The first kappa shape index (κ1) is 11.5. The molecule has 0 saturated heterocycles. The predicted octanol–water partition coefficient (Wildman–Crippen LogP) is 1.99. The first-order valence-corrected chi connectivity index (χ1v) is 5.46. The van der Waals surface area contributed by atoms with E-state index in [9.17, 15) is 4.79 Å². The minimum atomic E-state index is -0.269. The van der Waals surface area contributed by atoms with Crippen LogP contribution in [-0.4, -0.2) is 17.6 Å². The number of hydrogen-bond acceptors (Lipinski definition) is 3. The molecule has 1 aliphatic carbocycles. The van der Waals surface area contributed by atoms with E-state index in [1.54, 1.807) is 0 Å². The lowest BCUT2D eigenvalue weighted by atomic mass is 10.0. The van der Waals surface area contributed by atoms with Crippen molar-refractivity contribution in [2.75, 3.05) is 0 Å². The Balaban J connectivity index is 2.15. The molecule has 0 aromatic rings. The van der Waals surface area contributed by atoms with E-state index in [1.807, 2.05) is 13.8 Å². The molecule has 0 unspecified atom stereocenters. The van der Waals surface area contributed by atoms with Gasteiger partial charge in [0, 0.05) is 12.0 Å². The summed E-state index contributed by atoms with van der Waals surface area (Å²) in [5.41, 5.74) is 5.51. The fourth-order valence-electron chi connectivity index (χ4n) is 1.68. The molecule has 1 rings (SSSR count). The summed E-state index contributed by atoms with van der Waals surface area (Å²) in [6, 6.07) is 0. The van der Waals surface area contributed by atoms with Crippen LogP contribution in [0.15, 0.2) is 0 Å². The second-order valence-corrected chi connectivity index (χ2v) is 4.88. The monoisotopic (exact) mass is 199 g/mol. The van der Waals surface area contributed by atoms with Gasteiger partial charge in [0.1, 0.15) is 6.10 Å². The summed E-state index contributed by atoms with van der Waals surface area (Å²) < 4.78 is 5.31. The van der Waals surface area contributed by atoms with E-state index in [-0.39, 0.29) is 17.6 Å². The van der Waals surface area contributed by atoms with Crippen molar-refractivity contribution in [1.29, 1.82) is 0 Å². The lowest BCUT2D eigenvalue weighted by Gasteiger charge is -2.18. The average molecular weight is 199 g/mol. The third-order valence-electron chi connectivity index (χ3n) is 2.57.